The average Bonchev–Trinajstić information content (AvgIpc) is 3.59. The molecule has 0 radical (unpaired) electrons. The number of ether oxygens (including phenoxy) is 1. The fraction of sp³-hybridized carbons (Fsp3) is 0.481. The number of aromatic nitrogens is 3. The van der Waals surface area contributed by atoms with E-state index in [2.05, 4.69) is 25.6 Å². The number of halogens is 1. The van der Waals surface area contributed by atoms with Crippen molar-refractivity contribution >= 4 is 22.8 Å². The predicted molar refractivity (Wildman–Crippen MR) is 135 cm³/mol. The molecule has 9 heteroatoms. The van der Waals surface area contributed by atoms with Gasteiger partial charge >= 0.3 is 0 Å². The number of aromatic amines is 1. The summed E-state index contributed by atoms with van der Waals surface area (Å²) in [5.41, 5.74) is 4.90. The number of hydrogen-bond acceptors (Lipinski definition) is 5. The van der Waals surface area contributed by atoms with Gasteiger partial charge < -0.3 is 20.4 Å². The lowest BCUT2D eigenvalue weighted by atomic mass is 9.89. The molecular weight excluding hydrogens is 461 g/mol. The van der Waals surface area contributed by atoms with Gasteiger partial charge in [-0.1, -0.05) is 11.6 Å². The molecule has 2 heterocycles. The molecule has 2 saturated carbocycles. The Morgan fingerprint density at radius 1 is 1.14 bits per heavy atom. The molecule has 2 aromatic heterocycles. The highest BCUT2D eigenvalue weighted by Crippen LogP contribution is 2.37. The SMILES string of the molecule is CC(=O)N[C@H]1CC[C@@H](NC(=O)c2c(C)[nH]c3c(-c4cc(C)ccc4OCC4CC4)ncnc23)C[C@H]1F. The van der Waals surface area contributed by atoms with Crippen LogP contribution in [-0.4, -0.2) is 51.6 Å². The maximum absolute atomic E-state index is 14.6. The molecule has 0 bridgehead atoms. The fourth-order valence-corrected chi connectivity index (χ4v) is 4.98. The van der Waals surface area contributed by atoms with E-state index < -0.39 is 12.2 Å². The molecule has 0 aliphatic heterocycles. The topological polar surface area (TPSA) is 109 Å². The van der Waals surface area contributed by atoms with Crippen molar-refractivity contribution in [2.24, 2.45) is 5.92 Å². The fourth-order valence-electron chi connectivity index (χ4n) is 4.98. The number of hydrogen-bond donors (Lipinski definition) is 3. The summed E-state index contributed by atoms with van der Waals surface area (Å²) in [4.78, 5) is 36.9. The van der Waals surface area contributed by atoms with Gasteiger partial charge in [0.25, 0.3) is 5.91 Å². The molecule has 2 fully saturated rings. The van der Waals surface area contributed by atoms with Crippen LogP contribution >= 0.6 is 0 Å². The number of rotatable bonds is 7. The summed E-state index contributed by atoms with van der Waals surface area (Å²) in [6, 6.07) is 5.19. The molecule has 1 aromatic carbocycles. The second-order valence-corrected chi connectivity index (χ2v) is 10.1. The Kier molecular flexibility index (Phi) is 6.64. The van der Waals surface area contributed by atoms with Gasteiger partial charge in [-0.3, -0.25) is 9.59 Å². The van der Waals surface area contributed by atoms with Crippen molar-refractivity contribution in [1.29, 1.82) is 0 Å². The number of aryl methyl sites for hydroxylation is 2. The first-order valence-electron chi connectivity index (χ1n) is 12.6. The lowest BCUT2D eigenvalue weighted by Gasteiger charge is -2.32. The lowest BCUT2D eigenvalue weighted by molar-refractivity contribution is -0.120. The highest BCUT2D eigenvalue weighted by Gasteiger charge is 2.33. The van der Waals surface area contributed by atoms with E-state index in [0.29, 0.717) is 53.4 Å². The van der Waals surface area contributed by atoms with Crippen molar-refractivity contribution in [2.45, 2.75) is 71.1 Å². The van der Waals surface area contributed by atoms with Crippen molar-refractivity contribution in [3.63, 3.8) is 0 Å². The monoisotopic (exact) mass is 493 g/mol. The molecule has 5 rings (SSSR count). The molecule has 190 valence electrons. The van der Waals surface area contributed by atoms with Crippen LogP contribution in [0, 0.1) is 19.8 Å². The van der Waals surface area contributed by atoms with Crippen molar-refractivity contribution in [1.82, 2.24) is 25.6 Å². The molecule has 3 aromatic rings. The Morgan fingerprint density at radius 2 is 1.94 bits per heavy atom. The first-order valence-corrected chi connectivity index (χ1v) is 12.6. The number of carbonyl (C=O) groups excluding carboxylic acids is 2. The highest BCUT2D eigenvalue weighted by atomic mass is 19.1. The number of alkyl halides is 1. The van der Waals surface area contributed by atoms with E-state index in [1.165, 1.54) is 26.1 Å². The molecule has 2 aliphatic rings. The lowest BCUT2D eigenvalue weighted by Crippen LogP contribution is -2.49. The summed E-state index contributed by atoms with van der Waals surface area (Å²) in [6.45, 7) is 5.91. The zero-order chi connectivity index (χ0) is 25.4. The van der Waals surface area contributed by atoms with Crippen LogP contribution in [0.5, 0.6) is 5.75 Å². The second-order valence-electron chi connectivity index (χ2n) is 10.1. The van der Waals surface area contributed by atoms with Gasteiger partial charge in [0.15, 0.2) is 0 Å². The third-order valence-corrected chi connectivity index (χ3v) is 7.06. The van der Waals surface area contributed by atoms with Gasteiger partial charge in [0.2, 0.25) is 5.91 Å². The number of carbonyl (C=O) groups is 2. The van der Waals surface area contributed by atoms with Crippen LogP contribution in [0.15, 0.2) is 24.5 Å². The van der Waals surface area contributed by atoms with Crippen molar-refractivity contribution in [3.8, 4) is 17.0 Å². The van der Waals surface area contributed by atoms with Crippen LogP contribution < -0.4 is 15.4 Å². The molecule has 0 unspecified atom stereocenters. The van der Waals surface area contributed by atoms with E-state index in [-0.39, 0.29) is 24.3 Å². The average molecular weight is 494 g/mol. The second kappa shape index (κ2) is 9.87. The van der Waals surface area contributed by atoms with Crippen molar-refractivity contribution < 1.29 is 18.7 Å². The van der Waals surface area contributed by atoms with E-state index in [9.17, 15) is 14.0 Å². The number of H-pyrrole nitrogens is 1. The first-order chi connectivity index (χ1) is 17.3. The maximum Gasteiger partial charge on any atom is 0.255 e. The van der Waals surface area contributed by atoms with Crippen molar-refractivity contribution in [2.75, 3.05) is 6.61 Å². The van der Waals surface area contributed by atoms with Crippen LogP contribution in [0.2, 0.25) is 0 Å². The van der Waals surface area contributed by atoms with Crippen LogP contribution in [0.25, 0.3) is 22.3 Å². The van der Waals surface area contributed by atoms with Gasteiger partial charge in [-0.2, -0.15) is 0 Å². The minimum atomic E-state index is -1.21. The summed E-state index contributed by atoms with van der Waals surface area (Å²) >= 11 is 0. The van der Waals surface area contributed by atoms with Gasteiger partial charge in [0.05, 0.1) is 23.7 Å². The first kappa shape index (κ1) is 24.2. The Balaban J connectivity index is 1.40. The van der Waals surface area contributed by atoms with Crippen LogP contribution in [0.4, 0.5) is 4.39 Å². The highest BCUT2D eigenvalue weighted by molar-refractivity contribution is 6.09. The Morgan fingerprint density at radius 3 is 2.67 bits per heavy atom. The maximum atomic E-state index is 14.6. The van der Waals surface area contributed by atoms with Crippen LogP contribution in [0.3, 0.4) is 0 Å². The van der Waals surface area contributed by atoms with Gasteiger partial charge in [0, 0.05) is 30.6 Å². The molecule has 36 heavy (non-hydrogen) atoms. The van der Waals surface area contributed by atoms with E-state index in [1.54, 1.807) is 0 Å². The minimum Gasteiger partial charge on any atom is -0.493 e. The quantitative estimate of drug-likeness (QED) is 0.458. The van der Waals surface area contributed by atoms with Crippen LogP contribution in [0.1, 0.15) is 60.6 Å². The number of benzene rings is 1. The molecule has 2 aliphatic carbocycles. The number of amides is 2. The zero-order valence-electron chi connectivity index (χ0n) is 20.9. The smallest absolute Gasteiger partial charge is 0.255 e. The van der Waals surface area contributed by atoms with Gasteiger partial charge in [-0.25, -0.2) is 14.4 Å². The molecule has 3 N–H and O–H groups in total. The number of fused-ring (bicyclic) bond motifs is 1. The summed E-state index contributed by atoms with van der Waals surface area (Å²) in [5, 5.41) is 5.64. The summed E-state index contributed by atoms with van der Waals surface area (Å²) in [5.74, 6) is 0.832. The summed E-state index contributed by atoms with van der Waals surface area (Å²) < 4.78 is 20.7. The Hall–Kier alpha value is -3.49. The van der Waals surface area contributed by atoms with Gasteiger partial charge in [-0.15, -0.1) is 0 Å². The van der Waals surface area contributed by atoms with Gasteiger partial charge in [-0.05, 0) is 57.6 Å². The summed E-state index contributed by atoms with van der Waals surface area (Å²) in [7, 11) is 0. The number of nitrogens with zero attached hydrogens (tertiary/aromatic N) is 2. The minimum absolute atomic E-state index is 0.156. The van der Waals surface area contributed by atoms with E-state index in [4.69, 9.17) is 4.74 Å². The molecule has 2 amide bonds. The third kappa shape index (κ3) is 5.05. The zero-order valence-corrected chi connectivity index (χ0v) is 20.9. The molecule has 8 nitrogen and oxygen atoms in total. The van der Waals surface area contributed by atoms with E-state index >= 15 is 0 Å². The molecule has 0 saturated heterocycles. The molecule has 0 spiro atoms. The molecule has 3 atom stereocenters. The van der Waals surface area contributed by atoms with Crippen molar-refractivity contribution in [3.05, 3.63) is 41.3 Å². The van der Waals surface area contributed by atoms with E-state index in [1.807, 2.05) is 32.0 Å². The third-order valence-electron chi connectivity index (χ3n) is 7.06. The largest absolute Gasteiger partial charge is 0.493 e. The standard InChI is InChI=1S/C27H32FN5O3/c1-14-4-9-22(36-12-17-5-6-17)19(10-14)24-26-25(30-13-29-24)23(15(2)31-26)27(35)33-18-7-8-21(20(28)11-18)32-16(3)34/h4,9-10,13,17-18,20-21,31H,5-8,11-12H2,1-3H3,(H,32,34)(H,33,35)/t18-,20-,21+/m1/s1. The predicted octanol–water partition coefficient (Wildman–Crippen LogP) is 4.16. The van der Waals surface area contributed by atoms with Gasteiger partial charge in [0.1, 0.15) is 29.5 Å². The Bertz CT molecular complexity index is 1300. The van der Waals surface area contributed by atoms with Crippen LogP contribution in [-0.2, 0) is 4.79 Å². The summed E-state index contributed by atoms with van der Waals surface area (Å²) in [6.07, 6.45) is 3.87. The molecular formula is C27H32FN5O3. The normalized spacial score (nSPS) is 21.8. The van der Waals surface area contributed by atoms with E-state index in [0.717, 1.165) is 16.9 Å². The Labute approximate surface area is 209 Å². The number of nitrogens with one attached hydrogen (secondary N) is 3.